The van der Waals surface area contributed by atoms with Crippen LogP contribution in [0.25, 0.3) is 126 Å². The van der Waals surface area contributed by atoms with Crippen molar-refractivity contribution in [3.8, 4) is 61.5 Å². The first kappa shape index (κ1) is 37.0. The van der Waals surface area contributed by atoms with Gasteiger partial charge in [-0.05, 0) is 130 Å². The summed E-state index contributed by atoms with van der Waals surface area (Å²) in [6.45, 7) is 0. The summed E-state index contributed by atoms with van der Waals surface area (Å²) in [7, 11) is 0. The molecular weight excluding hydrogens is 785 g/mol. The van der Waals surface area contributed by atoms with Crippen LogP contribution in [0.3, 0.4) is 0 Å². The molecule has 13 rings (SSSR count). The fourth-order valence-corrected chi connectivity index (χ4v) is 10.4. The first-order valence-corrected chi connectivity index (χ1v) is 22.4. The predicted octanol–water partition coefficient (Wildman–Crippen LogP) is 17.1. The molecule has 302 valence electrons. The van der Waals surface area contributed by atoms with E-state index in [4.69, 9.17) is 4.98 Å². The molecule has 2 nitrogen and oxygen atoms in total. The van der Waals surface area contributed by atoms with Crippen LogP contribution in [0.2, 0.25) is 0 Å². The summed E-state index contributed by atoms with van der Waals surface area (Å²) < 4.78 is 2.38. The first-order chi connectivity index (χ1) is 32.2. The molecule has 0 saturated heterocycles. The van der Waals surface area contributed by atoms with Crippen molar-refractivity contribution in [1.29, 1.82) is 0 Å². The highest BCUT2D eigenvalue weighted by Gasteiger charge is 2.20. The van der Waals surface area contributed by atoms with Crippen molar-refractivity contribution >= 4 is 64.9 Å². The van der Waals surface area contributed by atoms with Crippen LogP contribution in [0.1, 0.15) is 0 Å². The normalized spacial score (nSPS) is 11.7. The quantitative estimate of drug-likeness (QED) is 0.153. The van der Waals surface area contributed by atoms with Crippen LogP contribution < -0.4 is 0 Å². The van der Waals surface area contributed by atoms with E-state index in [-0.39, 0.29) is 0 Å². The Morgan fingerprint density at radius 3 is 1.46 bits per heavy atom. The Balaban J connectivity index is 0.947. The lowest BCUT2D eigenvalue weighted by Crippen LogP contribution is -1.95. The third-order valence-corrected chi connectivity index (χ3v) is 13.4. The summed E-state index contributed by atoms with van der Waals surface area (Å²) in [5.41, 5.74) is 15.2. The van der Waals surface area contributed by atoms with E-state index in [1.807, 2.05) is 6.20 Å². The number of benzene rings is 11. The summed E-state index contributed by atoms with van der Waals surface area (Å²) >= 11 is 0. The van der Waals surface area contributed by atoms with Gasteiger partial charge in [0.25, 0.3) is 0 Å². The molecule has 0 N–H and O–H groups in total. The van der Waals surface area contributed by atoms with Gasteiger partial charge in [-0.3, -0.25) is 4.98 Å². The standard InChI is InChI=1S/C63H40N2/c1-2-15-45(16-3-1)63-62-56-23-10-11-24-58(56)65(59(62)35-36-64-63)52-20-12-19-48(39-52)43-25-27-44(28-26-43)49-33-34-55-57(40-49)61(51-32-30-42-14-5-7-18-47(42)38-51)54-22-9-8-21-53(54)60(55)50-31-29-41-13-4-6-17-46(41)37-50/h1-40H. The smallest absolute Gasteiger partial charge is 0.0802 e. The third kappa shape index (κ3) is 6.14. The number of nitrogens with zero attached hydrogens (tertiary/aromatic N) is 2. The molecule has 0 aliphatic heterocycles. The van der Waals surface area contributed by atoms with E-state index in [0.717, 1.165) is 28.0 Å². The highest BCUT2D eigenvalue weighted by Crippen LogP contribution is 2.46. The van der Waals surface area contributed by atoms with Gasteiger partial charge < -0.3 is 4.57 Å². The lowest BCUT2D eigenvalue weighted by molar-refractivity contribution is 1.18. The van der Waals surface area contributed by atoms with Gasteiger partial charge in [0.1, 0.15) is 0 Å². The van der Waals surface area contributed by atoms with E-state index in [1.165, 1.54) is 98.4 Å². The van der Waals surface area contributed by atoms with Gasteiger partial charge in [-0.25, -0.2) is 0 Å². The molecular formula is C63H40N2. The second-order valence-corrected chi connectivity index (χ2v) is 17.1. The number of pyridine rings is 1. The summed E-state index contributed by atoms with van der Waals surface area (Å²) in [6, 6.07) is 86.5. The number of hydrogen-bond donors (Lipinski definition) is 0. The maximum atomic E-state index is 4.91. The largest absolute Gasteiger partial charge is 0.309 e. The highest BCUT2D eigenvalue weighted by molar-refractivity contribution is 6.23. The maximum Gasteiger partial charge on any atom is 0.0802 e. The minimum absolute atomic E-state index is 1.00. The number of hydrogen-bond acceptors (Lipinski definition) is 1. The summed E-state index contributed by atoms with van der Waals surface area (Å²) in [6.07, 6.45) is 1.94. The minimum Gasteiger partial charge on any atom is -0.309 e. The Bertz CT molecular complexity index is 3990. The van der Waals surface area contributed by atoms with Crippen molar-refractivity contribution in [2.24, 2.45) is 0 Å². The van der Waals surface area contributed by atoms with Gasteiger partial charge in [0, 0.05) is 28.2 Å². The molecule has 0 unspecified atom stereocenters. The molecule has 0 spiro atoms. The zero-order valence-corrected chi connectivity index (χ0v) is 35.5. The molecule has 11 aromatic carbocycles. The monoisotopic (exact) mass is 824 g/mol. The Morgan fingerprint density at radius 2 is 0.785 bits per heavy atom. The minimum atomic E-state index is 1.00. The summed E-state index contributed by atoms with van der Waals surface area (Å²) in [5.74, 6) is 0. The fraction of sp³-hybridized carbons (Fsp3) is 0. The molecule has 0 aliphatic carbocycles. The van der Waals surface area contributed by atoms with Gasteiger partial charge in [-0.2, -0.15) is 0 Å². The van der Waals surface area contributed by atoms with E-state index in [0.29, 0.717) is 0 Å². The van der Waals surface area contributed by atoms with Gasteiger partial charge in [0.05, 0.1) is 16.7 Å². The van der Waals surface area contributed by atoms with Crippen LogP contribution in [0.5, 0.6) is 0 Å². The van der Waals surface area contributed by atoms with Crippen molar-refractivity contribution in [3.63, 3.8) is 0 Å². The lowest BCUT2D eigenvalue weighted by atomic mass is 9.84. The number of aromatic nitrogens is 2. The van der Waals surface area contributed by atoms with Crippen LogP contribution in [-0.2, 0) is 0 Å². The second-order valence-electron chi connectivity index (χ2n) is 17.1. The third-order valence-electron chi connectivity index (χ3n) is 13.4. The van der Waals surface area contributed by atoms with E-state index in [2.05, 4.69) is 241 Å². The van der Waals surface area contributed by atoms with Crippen LogP contribution in [0.4, 0.5) is 0 Å². The van der Waals surface area contributed by atoms with Crippen molar-refractivity contribution < 1.29 is 0 Å². The van der Waals surface area contributed by atoms with Crippen LogP contribution >= 0.6 is 0 Å². The molecule has 2 heterocycles. The van der Waals surface area contributed by atoms with Gasteiger partial charge in [-0.15, -0.1) is 0 Å². The average Bonchev–Trinajstić information content (AvgIpc) is 3.72. The fourth-order valence-electron chi connectivity index (χ4n) is 10.4. The number of fused-ring (bicyclic) bond motifs is 7. The van der Waals surface area contributed by atoms with E-state index in [1.54, 1.807) is 0 Å². The Morgan fingerprint density at radius 1 is 0.277 bits per heavy atom. The molecule has 0 saturated carbocycles. The Kier molecular flexibility index (Phi) is 8.57. The molecule has 2 heteroatoms. The molecule has 0 amide bonds. The van der Waals surface area contributed by atoms with E-state index < -0.39 is 0 Å². The average molecular weight is 825 g/mol. The Labute approximate surface area is 377 Å². The van der Waals surface area contributed by atoms with E-state index in [9.17, 15) is 0 Å². The van der Waals surface area contributed by atoms with Gasteiger partial charge in [0.2, 0.25) is 0 Å². The van der Waals surface area contributed by atoms with Gasteiger partial charge >= 0.3 is 0 Å². The van der Waals surface area contributed by atoms with Crippen molar-refractivity contribution in [3.05, 3.63) is 243 Å². The molecule has 0 radical (unpaired) electrons. The number of rotatable bonds is 6. The molecule has 0 aliphatic rings. The van der Waals surface area contributed by atoms with Gasteiger partial charge in [0.15, 0.2) is 0 Å². The summed E-state index contributed by atoms with van der Waals surface area (Å²) in [5, 5.41) is 12.3. The highest BCUT2D eigenvalue weighted by atomic mass is 15.0. The van der Waals surface area contributed by atoms with Crippen LogP contribution in [0.15, 0.2) is 243 Å². The van der Waals surface area contributed by atoms with Crippen LogP contribution in [0, 0.1) is 0 Å². The molecule has 65 heavy (non-hydrogen) atoms. The van der Waals surface area contributed by atoms with Crippen molar-refractivity contribution in [2.45, 2.75) is 0 Å². The van der Waals surface area contributed by atoms with E-state index >= 15 is 0 Å². The first-order valence-electron chi connectivity index (χ1n) is 22.4. The molecule has 0 atom stereocenters. The topological polar surface area (TPSA) is 17.8 Å². The van der Waals surface area contributed by atoms with Crippen molar-refractivity contribution in [1.82, 2.24) is 9.55 Å². The lowest BCUT2D eigenvalue weighted by Gasteiger charge is -2.19. The summed E-state index contributed by atoms with van der Waals surface area (Å²) in [4.78, 5) is 4.91. The van der Waals surface area contributed by atoms with Crippen molar-refractivity contribution in [2.75, 3.05) is 0 Å². The van der Waals surface area contributed by atoms with Crippen LogP contribution in [-0.4, -0.2) is 9.55 Å². The molecule has 0 fully saturated rings. The molecule has 0 bridgehead atoms. The van der Waals surface area contributed by atoms with Gasteiger partial charge in [-0.1, -0.05) is 194 Å². The SMILES string of the molecule is c1ccc(-c2nccc3c2c2ccccc2n3-c2cccc(-c3ccc(-c4ccc5c(-c6ccc7ccccc7c6)c6ccccc6c(-c6ccc7ccccc7c6)c5c4)cc3)c2)cc1. The second kappa shape index (κ2) is 15.0. The zero-order valence-electron chi connectivity index (χ0n) is 35.5. The predicted molar refractivity (Wildman–Crippen MR) is 276 cm³/mol. The Hall–Kier alpha value is -8.59. The zero-order chi connectivity index (χ0) is 42.8. The number of para-hydroxylation sites is 1. The molecule has 2 aromatic heterocycles. The molecule has 13 aromatic rings. The maximum absolute atomic E-state index is 4.91.